The standard InChI is InChI=1S/C13H19NO2/c1-8(14)10-7-11(10)12-6-9(15-2)4-5-13(12)16-3/h4-6,8,10-11H,7,14H2,1-3H3. The number of methoxy groups -OCH3 is 2. The van der Waals surface area contributed by atoms with Crippen LogP contribution in [0, 0.1) is 5.92 Å². The third-order valence-corrected chi connectivity index (χ3v) is 3.35. The molecule has 0 radical (unpaired) electrons. The Kier molecular flexibility index (Phi) is 3.06. The van der Waals surface area contributed by atoms with Gasteiger partial charge in [-0.3, -0.25) is 0 Å². The smallest absolute Gasteiger partial charge is 0.122 e. The SMILES string of the molecule is COc1ccc(OC)c(C2CC2C(C)N)c1. The number of benzene rings is 1. The summed E-state index contributed by atoms with van der Waals surface area (Å²) in [6.07, 6.45) is 1.15. The summed E-state index contributed by atoms with van der Waals surface area (Å²) in [6.45, 7) is 2.07. The Morgan fingerprint density at radius 3 is 2.56 bits per heavy atom. The van der Waals surface area contributed by atoms with E-state index in [0.29, 0.717) is 11.8 Å². The maximum Gasteiger partial charge on any atom is 0.122 e. The molecule has 3 atom stereocenters. The van der Waals surface area contributed by atoms with Gasteiger partial charge in [-0.1, -0.05) is 0 Å². The van der Waals surface area contributed by atoms with Gasteiger partial charge < -0.3 is 15.2 Å². The second-order valence-electron chi connectivity index (χ2n) is 4.47. The fraction of sp³-hybridized carbons (Fsp3) is 0.538. The number of hydrogen-bond acceptors (Lipinski definition) is 3. The topological polar surface area (TPSA) is 44.5 Å². The summed E-state index contributed by atoms with van der Waals surface area (Å²) < 4.78 is 10.6. The van der Waals surface area contributed by atoms with Crippen LogP contribution in [0.1, 0.15) is 24.8 Å². The Morgan fingerprint density at radius 1 is 1.31 bits per heavy atom. The van der Waals surface area contributed by atoms with Crippen LogP contribution in [0.25, 0.3) is 0 Å². The predicted octanol–water partition coefficient (Wildman–Crippen LogP) is 2.15. The van der Waals surface area contributed by atoms with Crippen LogP contribution in [-0.4, -0.2) is 20.3 Å². The third-order valence-electron chi connectivity index (χ3n) is 3.35. The molecular weight excluding hydrogens is 202 g/mol. The van der Waals surface area contributed by atoms with Gasteiger partial charge in [0.15, 0.2) is 0 Å². The Balaban J connectivity index is 2.25. The minimum Gasteiger partial charge on any atom is -0.497 e. The number of nitrogens with two attached hydrogens (primary N) is 1. The van der Waals surface area contributed by atoms with E-state index in [4.69, 9.17) is 15.2 Å². The molecule has 3 nitrogen and oxygen atoms in total. The molecule has 2 rings (SSSR count). The number of hydrogen-bond donors (Lipinski definition) is 1. The van der Waals surface area contributed by atoms with Gasteiger partial charge in [-0.15, -0.1) is 0 Å². The Morgan fingerprint density at radius 2 is 2.06 bits per heavy atom. The maximum atomic E-state index is 5.92. The van der Waals surface area contributed by atoms with E-state index in [1.54, 1.807) is 14.2 Å². The van der Waals surface area contributed by atoms with E-state index in [2.05, 4.69) is 13.0 Å². The second-order valence-corrected chi connectivity index (χ2v) is 4.47. The summed E-state index contributed by atoms with van der Waals surface area (Å²) in [6, 6.07) is 6.20. The van der Waals surface area contributed by atoms with E-state index in [1.165, 1.54) is 5.56 Å². The van der Waals surface area contributed by atoms with Crippen LogP contribution in [0.3, 0.4) is 0 Å². The van der Waals surface area contributed by atoms with Crippen molar-refractivity contribution in [2.75, 3.05) is 14.2 Å². The highest BCUT2D eigenvalue weighted by Gasteiger charge is 2.42. The van der Waals surface area contributed by atoms with Gasteiger partial charge in [0.2, 0.25) is 0 Å². The average molecular weight is 221 g/mol. The van der Waals surface area contributed by atoms with Crippen LogP contribution in [0.2, 0.25) is 0 Å². The summed E-state index contributed by atoms with van der Waals surface area (Å²) >= 11 is 0. The van der Waals surface area contributed by atoms with E-state index in [-0.39, 0.29) is 6.04 Å². The first-order valence-electron chi connectivity index (χ1n) is 5.65. The van der Waals surface area contributed by atoms with Crippen LogP contribution < -0.4 is 15.2 Å². The summed E-state index contributed by atoms with van der Waals surface area (Å²) in [4.78, 5) is 0. The fourth-order valence-electron chi connectivity index (χ4n) is 2.28. The van der Waals surface area contributed by atoms with Gasteiger partial charge in [-0.05, 0) is 43.4 Å². The van der Waals surface area contributed by atoms with E-state index in [1.807, 2.05) is 12.1 Å². The lowest BCUT2D eigenvalue weighted by molar-refractivity contribution is 0.398. The number of ether oxygens (including phenoxy) is 2. The first-order valence-corrected chi connectivity index (χ1v) is 5.65. The molecule has 0 amide bonds. The van der Waals surface area contributed by atoms with E-state index in [9.17, 15) is 0 Å². The van der Waals surface area contributed by atoms with Crippen LogP contribution >= 0.6 is 0 Å². The van der Waals surface area contributed by atoms with Crippen molar-refractivity contribution in [1.29, 1.82) is 0 Å². The van der Waals surface area contributed by atoms with Crippen molar-refractivity contribution in [2.24, 2.45) is 11.7 Å². The van der Waals surface area contributed by atoms with Gasteiger partial charge >= 0.3 is 0 Å². The van der Waals surface area contributed by atoms with Gasteiger partial charge in [0.25, 0.3) is 0 Å². The highest BCUT2D eigenvalue weighted by molar-refractivity contribution is 5.45. The predicted molar refractivity (Wildman–Crippen MR) is 64.0 cm³/mol. The summed E-state index contributed by atoms with van der Waals surface area (Å²) in [5.74, 6) is 2.94. The number of rotatable bonds is 4. The molecule has 0 heterocycles. The van der Waals surface area contributed by atoms with Crippen molar-refractivity contribution in [3.63, 3.8) is 0 Å². The molecule has 1 aromatic carbocycles. The zero-order valence-corrected chi connectivity index (χ0v) is 10.1. The molecule has 2 N–H and O–H groups in total. The van der Waals surface area contributed by atoms with E-state index >= 15 is 0 Å². The van der Waals surface area contributed by atoms with Crippen LogP contribution in [0.5, 0.6) is 11.5 Å². The molecule has 1 aliphatic carbocycles. The summed E-state index contributed by atoms with van der Waals surface area (Å²) in [5, 5.41) is 0. The zero-order chi connectivity index (χ0) is 11.7. The summed E-state index contributed by atoms with van der Waals surface area (Å²) in [7, 11) is 3.39. The van der Waals surface area contributed by atoms with Gasteiger partial charge in [-0.2, -0.15) is 0 Å². The average Bonchev–Trinajstić information content (AvgIpc) is 3.08. The van der Waals surface area contributed by atoms with E-state index in [0.717, 1.165) is 17.9 Å². The van der Waals surface area contributed by atoms with Gasteiger partial charge in [-0.25, -0.2) is 0 Å². The monoisotopic (exact) mass is 221 g/mol. The maximum absolute atomic E-state index is 5.92. The molecule has 1 saturated carbocycles. The van der Waals surface area contributed by atoms with Gasteiger partial charge in [0.1, 0.15) is 11.5 Å². The van der Waals surface area contributed by atoms with Crippen molar-refractivity contribution in [1.82, 2.24) is 0 Å². The molecule has 3 heteroatoms. The molecule has 0 bridgehead atoms. The molecule has 0 aliphatic heterocycles. The molecule has 3 unspecified atom stereocenters. The molecule has 16 heavy (non-hydrogen) atoms. The second kappa shape index (κ2) is 4.34. The van der Waals surface area contributed by atoms with Gasteiger partial charge in [0.05, 0.1) is 14.2 Å². The quantitative estimate of drug-likeness (QED) is 0.847. The molecule has 88 valence electrons. The highest BCUT2D eigenvalue weighted by Crippen LogP contribution is 2.52. The molecule has 0 aromatic heterocycles. The largest absolute Gasteiger partial charge is 0.497 e. The Bertz CT molecular complexity index is 376. The van der Waals surface area contributed by atoms with E-state index < -0.39 is 0 Å². The Hall–Kier alpha value is -1.22. The van der Waals surface area contributed by atoms with Crippen molar-refractivity contribution in [3.05, 3.63) is 23.8 Å². The lowest BCUT2D eigenvalue weighted by Gasteiger charge is -2.11. The molecule has 0 saturated heterocycles. The molecule has 1 aromatic rings. The normalized spacial score (nSPS) is 25.0. The van der Waals surface area contributed by atoms with Crippen LogP contribution in [-0.2, 0) is 0 Å². The minimum atomic E-state index is 0.251. The van der Waals surface area contributed by atoms with Crippen molar-refractivity contribution >= 4 is 0 Å². The fourth-order valence-corrected chi connectivity index (χ4v) is 2.28. The minimum absolute atomic E-state index is 0.251. The molecular formula is C13H19NO2. The third kappa shape index (κ3) is 2.00. The first-order chi connectivity index (χ1) is 7.67. The van der Waals surface area contributed by atoms with Crippen LogP contribution in [0.4, 0.5) is 0 Å². The first kappa shape index (κ1) is 11.3. The lowest BCUT2D eigenvalue weighted by Crippen LogP contribution is -2.18. The molecule has 0 spiro atoms. The van der Waals surface area contributed by atoms with Gasteiger partial charge in [0, 0.05) is 11.6 Å². The zero-order valence-electron chi connectivity index (χ0n) is 10.1. The molecule has 1 aliphatic rings. The highest BCUT2D eigenvalue weighted by atomic mass is 16.5. The van der Waals surface area contributed by atoms with Crippen molar-refractivity contribution < 1.29 is 9.47 Å². The van der Waals surface area contributed by atoms with Crippen molar-refractivity contribution in [3.8, 4) is 11.5 Å². The van der Waals surface area contributed by atoms with Crippen LogP contribution in [0.15, 0.2) is 18.2 Å². The molecule has 1 fully saturated rings. The lowest BCUT2D eigenvalue weighted by atomic mass is 10.1. The Labute approximate surface area is 96.5 Å². The summed E-state index contributed by atoms with van der Waals surface area (Å²) in [5.41, 5.74) is 7.14. The van der Waals surface area contributed by atoms with Crippen molar-refractivity contribution in [2.45, 2.75) is 25.3 Å².